The van der Waals surface area contributed by atoms with Crippen LogP contribution in [0.2, 0.25) is 0 Å². The lowest BCUT2D eigenvalue weighted by molar-refractivity contribution is -0.146. The summed E-state index contributed by atoms with van der Waals surface area (Å²) < 4.78 is 9.14. The Labute approximate surface area is 131 Å². The van der Waals surface area contributed by atoms with Crippen molar-refractivity contribution in [3.63, 3.8) is 0 Å². The van der Waals surface area contributed by atoms with E-state index in [1.165, 1.54) is 14.2 Å². The van der Waals surface area contributed by atoms with Crippen molar-refractivity contribution in [2.24, 2.45) is 5.73 Å². The lowest BCUT2D eigenvalue weighted by atomic mass is 10.1. The van der Waals surface area contributed by atoms with Crippen molar-refractivity contribution in [1.82, 2.24) is 5.32 Å². The molecule has 0 unspecified atom stereocenters. The predicted octanol–water partition coefficient (Wildman–Crippen LogP) is 0.895. The van der Waals surface area contributed by atoms with E-state index in [2.05, 4.69) is 21.7 Å². The third-order valence-electron chi connectivity index (χ3n) is 3.37. The number of rotatable bonds is 11. The molecule has 0 spiro atoms. The first kappa shape index (κ1) is 20.4. The van der Waals surface area contributed by atoms with Crippen molar-refractivity contribution >= 4 is 17.8 Å². The summed E-state index contributed by atoms with van der Waals surface area (Å²) in [6, 6.07) is -1.56. The normalized spacial score (nSPS) is 13.1. The number of unbranched alkanes of at least 4 members (excludes halogenated alkanes) is 3. The second kappa shape index (κ2) is 12.0. The lowest BCUT2D eigenvalue weighted by Gasteiger charge is -2.18. The van der Waals surface area contributed by atoms with Crippen LogP contribution in [0.15, 0.2) is 0 Å². The Morgan fingerprint density at radius 1 is 1.05 bits per heavy atom. The van der Waals surface area contributed by atoms with Crippen molar-refractivity contribution in [2.45, 2.75) is 64.0 Å². The topological polar surface area (TPSA) is 108 Å². The van der Waals surface area contributed by atoms with E-state index in [0.717, 1.165) is 25.7 Å². The van der Waals surface area contributed by atoms with Crippen molar-refractivity contribution in [3.8, 4) is 0 Å². The van der Waals surface area contributed by atoms with E-state index in [4.69, 9.17) is 5.73 Å². The van der Waals surface area contributed by atoms with Crippen LogP contribution in [0.3, 0.4) is 0 Å². The smallest absolute Gasteiger partial charge is 0.328 e. The maximum absolute atomic E-state index is 12.0. The van der Waals surface area contributed by atoms with E-state index in [-0.39, 0.29) is 12.8 Å². The fourth-order valence-corrected chi connectivity index (χ4v) is 1.96. The number of amides is 1. The van der Waals surface area contributed by atoms with E-state index < -0.39 is 29.9 Å². The molecule has 1 amide bonds. The van der Waals surface area contributed by atoms with E-state index in [1.54, 1.807) is 0 Å². The zero-order valence-corrected chi connectivity index (χ0v) is 13.7. The van der Waals surface area contributed by atoms with E-state index >= 15 is 0 Å². The second-order valence-electron chi connectivity index (χ2n) is 5.15. The van der Waals surface area contributed by atoms with Gasteiger partial charge in [-0.3, -0.25) is 9.59 Å². The highest BCUT2D eigenvalue weighted by Gasteiger charge is 2.25. The highest BCUT2D eigenvalue weighted by molar-refractivity contribution is 5.87. The first-order chi connectivity index (χ1) is 10.5. The molecule has 0 fully saturated rings. The minimum atomic E-state index is -0.890. The van der Waals surface area contributed by atoms with Gasteiger partial charge in [0, 0.05) is 6.42 Å². The first-order valence-corrected chi connectivity index (χ1v) is 7.66. The van der Waals surface area contributed by atoms with Crippen LogP contribution >= 0.6 is 0 Å². The molecule has 22 heavy (non-hydrogen) atoms. The fraction of sp³-hybridized carbons (Fsp3) is 0.800. The number of ether oxygens (including phenoxy) is 2. The standard InChI is InChI=1S/C15H28N2O5/c1-4-5-6-7-8-11(16)14(19)17-12(15(20)22-3)9-10-13(18)21-2/h11-12H,4-10,16H2,1-3H3,(H,17,19)/t11-,12-/m0/s1. The van der Waals surface area contributed by atoms with E-state index in [1.807, 2.05) is 0 Å². The first-order valence-electron chi connectivity index (χ1n) is 7.66. The largest absolute Gasteiger partial charge is 0.469 e. The average molecular weight is 316 g/mol. The molecule has 0 aromatic rings. The fourth-order valence-electron chi connectivity index (χ4n) is 1.96. The molecule has 0 rings (SSSR count). The van der Waals surface area contributed by atoms with Gasteiger partial charge in [0.25, 0.3) is 0 Å². The van der Waals surface area contributed by atoms with Crippen LogP contribution in [-0.4, -0.2) is 44.1 Å². The summed E-state index contributed by atoms with van der Waals surface area (Å²) in [6.45, 7) is 2.11. The zero-order valence-electron chi connectivity index (χ0n) is 13.7. The summed E-state index contributed by atoms with van der Waals surface area (Å²) in [6.07, 6.45) is 4.82. The summed E-state index contributed by atoms with van der Waals surface area (Å²) in [4.78, 5) is 34.8. The molecule has 0 heterocycles. The summed E-state index contributed by atoms with van der Waals surface area (Å²) >= 11 is 0. The Bertz CT molecular complexity index is 360. The van der Waals surface area contributed by atoms with Crippen LogP contribution in [0.5, 0.6) is 0 Å². The summed E-state index contributed by atoms with van der Waals surface area (Å²) in [5.41, 5.74) is 5.82. The van der Waals surface area contributed by atoms with E-state index in [9.17, 15) is 14.4 Å². The van der Waals surface area contributed by atoms with Gasteiger partial charge < -0.3 is 20.5 Å². The molecule has 0 radical (unpaired) electrons. The van der Waals surface area contributed by atoms with Gasteiger partial charge in [0.2, 0.25) is 5.91 Å². The number of nitrogens with one attached hydrogen (secondary N) is 1. The molecular weight excluding hydrogens is 288 g/mol. The molecule has 0 aromatic carbocycles. The molecule has 0 aliphatic rings. The highest BCUT2D eigenvalue weighted by atomic mass is 16.5. The third kappa shape index (κ3) is 8.61. The molecule has 0 aliphatic carbocycles. The molecule has 0 saturated heterocycles. The molecule has 0 saturated carbocycles. The van der Waals surface area contributed by atoms with Crippen LogP contribution in [0.4, 0.5) is 0 Å². The number of hydrogen-bond acceptors (Lipinski definition) is 6. The van der Waals surface area contributed by atoms with Gasteiger partial charge in [-0.25, -0.2) is 4.79 Å². The molecule has 0 bridgehead atoms. The molecule has 7 nitrogen and oxygen atoms in total. The number of hydrogen-bond donors (Lipinski definition) is 2. The van der Waals surface area contributed by atoms with Crippen molar-refractivity contribution in [3.05, 3.63) is 0 Å². The van der Waals surface area contributed by atoms with E-state index in [0.29, 0.717) is 6.42 Å². The Kier molecular flexibility index (Phi) is 11.1. The Morgan fingerprint density at radius 3 is 2.27 bits per heavy atom. The summed E-state index contributed by atoms with van der Waals surface area (Å²) in [5.74, 6) is -1.46. The van der Waals surface area contributed by atoms with Crippen LogP contribution in [-0.2, 0) is 23.9 Å². The summed E-state index contributed by atoms with van der Waals surface area (Å²) in [5, 5.41) is 2.54. The third-order valence-corrected chi connectivity index (χ3v) is 3.37. The number of carbonyl (C=O) groups excluding carboxylic acids is 3. The average Bonchev–Trinajstić information content (AvgIpc) is 2.53. The van der Waals surface area contributed by atoms with Crippen molar-refractivity contribution in [1.29, 1.82) is 0 Å². The second-order valence-corrected chi connectivity index (χ2v) is 5.15. The van der Waals surface area contributed by atoms with Gasteiger partial charge in [0.15, 0.2) is 0 Å². The molecule has 0 aliphatic heterocycles. The summed E-state index contributed by atoms with van der Waals surface area (Å²) in [7, 11) is 2.49. The van der Waals surface area contributed by atoms with Gasteiger partial charge in [-0.1, -0.05) is 32.6 Å². The quantitative estimate of drug-likeness (QED) is 0.433. The van der Waals surface area contributed by atoms with Crippen LogP contribution in [0.1, 0.15) is 51.9 Å². The van der Waals surface area contributed by atoms with Gasteiger partial charge >= 0.3 is 11.9 Å². The Hall–Kier alpha value is -1.63. The van der Waals surface area contributed by atoms with Gasteiger partial charge in [-0.15, -0.1) is 0 Å². The van der Waals surface area contributed by atoms with Gasteiger partial charge in [0.1, 0.15) is 6.04 Å². The number of carbonyl (C=O) groups is 3. The molecule has 7 heteroatoms. The van der Waals surface area contributed by atoms with Crippen molar-refractivity contribution < 1.29 is 23.9 Å². The van der Waals surface area contributed by atoms with Gasteiger partial charge in [0.05, 0.1) is 20.3 Å². The zero-order chi connectivity index (χ0) is 17.0. The minimum absolute atomic E-state index is 0.0162. The van der Waals surface area contributed by atoms with Crippen molar-refractivity contribution in [2.75, 3.05) is 14.2 Å². The lowest BCUT2D eigenvalue weighted by Crippen LogP contribution is -2.48. The maximum atomic E-state index is 12.0. The number of methoxy groups -OCH3 is 2. The molecule has 128 valence electrons. The Balaban J connectivity index is 4.35. The number of esters is 2. The van der Waals surface area contributed by atoms with Crippen LogP contribution < -0.4 is 11.1 Å². The minimum Gasteiger partial charge on any atom is -0.469 e. The number of nitrogens with two attached hydrogens (primary N) is 1. The van der Waals surface area contributed by atoms with Gasteiger partial charge in [-0.05, 0) is 12.8 Å². The SMILES string of the molecule is CCCCCC[C@H](N)C(=O)N[C@@H](CCC(=O)OC)C(=O)OC. The maximum Gasteiger partial charge on any atom is 0.328 e. The van der Waals surface area contributed by atoms with Crippen LogP contribution in [0.25, 0.3) is 0 Å². The van der Waals surface area contributed by atoms with Gasteiger partial charge in [-0.2, -0.15) is 0 Å². The highest BCUT2D eigenvalue weighted by Crippen LogP contribution is 2.06. The molecule has 2 atom stereocenters. The molecule has 0 aromatic heterocycles. The predicted molar refractivity (Wildman–Crippen MR) is 81.9 cm³/mol. The molecular formula is C15H28N2O5. The molecule has 3 N–H and O–H groups in total. The monoisotopic (exact) mass is 316 g/mol. The Morgan fingerprint density at radius 2 is 1.73 bits per heavy atom. The van der Waals surface area contributed by atoms with Crippen LogP contribution in [0, 0.1) is 0 Å².